The monoisotopic (exact) mass is 558 g/mol. The average Bonchev–Trinajstić information content (AvgIpc) is 3.54. The van der Waals surface area contributed by atoms with Gasteiger partial charge in [-0.25, -0.2) is 13.4 Å². The molecule has 0 radical (unpaired) electrons. The Morgan fingerprint density at radius 2 is 1.84 bits per heavy atom. The lowest BCUT2D eigenvalue weighted by Crippen LogP contribution is -2.35. The molecule has 0 fully saturated rings. The van der Waals surface area contributed by atoms with E-state index in [4.69, 9.17) is 26.2 Å². The first-order valence-electron chi connectivity index (χ1n) is 12.1. The molecule has 0 spiro atoms. The summed E-state index contributed by atoms with van der Waals surface area (Å²) >= 11 is 5.85. The summed E-state index contributed by atoms with van der Waals surface area (Å²) in [7, 11) is -2.17. The molecule has 0 saturated carbocycles. The number of halogens is 1. The first-order valence-corrected chi connectivity index (χ1v) is 14.0. The van der Waals surface area contributed by atoms with Gasteiger partial charge in [0.1, 0.15) is 17.4 Å². The van der Waals surface area contributed by atoms with E-state index in [1.165, 1.54) is 7.05 Å². The van der Waals surface area contributed by atoms with E-state index < -0.39 is 20.8 Å². The minimum absolute atomic E-state index is 0.199. The van der Waals surface area contributed by atoms with Gasteiger partial charge >= 0.3 is 0 Å². The number of hydrogen-bond acceptors (Lipinski definition) is 9. The van der Waals surface area contributed by atoms with Crippen LogP contribution in [0.4, 0.5) is 11.6 Å². The van der Waals surface area contributed by atoms with Gasteiger partial charge in [-0.3, -0.25) is 4.31 Å². The van der Waals surface area contributed by atoms with Gasteiger partial charge in [0.05, 0.1) is 10.8 Å². The SMILES string of the molecule is CC(C)S(=O)(=O)N(C)c1cc(-c2nnc([C@](C)(N)Cc3ccccc3)o2)cc(NCCc2ccc(Cl)o2)n1. The molecule has 202 valence electrons. The molecule has 1 aromatic carbocycles. The Kier molecular flexibility index (Phi) is 8.10. The molecule has 38 heavy (non-hydrogen) atoms. The Morgan fingerprint density at radius 3 is 2.50 bits per heavy atom. The smallest absolute Gasteiger partial charge is 0.248 e. The maximum atomic E-state index is 12.9. The van der Waals surface area contributed by atoms with E-state index in [9.17, 15) is 8.42 Å². The molecular weight excluding hydrogens is 528 g/mol. The van der Waals surface area contributed by atoms with Gasteiger partial charge in [0.2, 0.25) is 21.8 Å². The molecule has 0 unspecified atom stereocenters. The highest BCUT2D eigenvalue weighted by molar-refractivity contribution is 7.93. The molecule has 3 aromatic heterocycles. The Morgan fingerprint density at radius 1 is 1.11 bits per heavy atom. The summed E-state index contributed by atoms with van der Waals surface area (Å²) < 4.78 is 38.3. The van der Waals surface area contributed by atoms with Gasteiger partial charge in [0, 0.05) is 25.6 Å². The van der Waals surface area contributed by atoms with Crippen LogP contribution in [0, 0.1) is 0 Å². The van der Waals surface area contributed by atoms with Crippen molar-refractivity contribution in [2.75, 3.05) is 23.2 Å². The van der Waals surface area contributed by atoms with Gasteiger partial charge in [-0.2, -0.15) is 0 Å². The Balaban J connectivity index is 1.64. The number of nitrogens with zero attached hydrogens (tertiary/aromatic N) is 4. The lowest BCUT2D eigenvalue weighted by molar-refractivity contribution is 0.355. The molecule has 1 atom stereocenters. The molecule has 4 aromatic rings. The van der Waals surface area contributed by atoms with E-state index in [-0.39, 0.29) is 17.6 Å². The molecule has 0 aliphatic heterocycles. The van der Waals surface area contributed by atoms with Crippen molar-refractivity contribution in [3.05, 3.63) is 77.0 Å². The van der Waals surface area contributed by atoms with E-state index in [0.717, 1.165) is 9.87 Å². The third kappa shape index (κ3) is 6.35. The topological polar surface area (TPSA) is 140 Å². The predicted octanol–water partition coefficient (Wildman–Crippen LogP) is 4.62. The zero-order chi connectivity index (χ0) is 27.5. The van der Waals surface area contributed by atoms with Crippen LogP contribution in [0.15, 0.2) is 63.4 Å². The van der Waals surface area contributed by atoms with Gasteiger partial charge in [-0.1, -0.05) is 30.3 Å². The van der Waals surface area contributed by atoms with E-state index in [1.807, 2.05) is 37.3 Å². The third-order valence-corrected chi connectivity index (χ3v) is 8.34. The normalized spacial score (nSPS) is 13.4. The van der Waals surface area contributed by atoms with Crippen LogP contribution in [0.3, 0.4) is 0 Å². The number of furan rings is 1. The van der Waals surface area contributed by atoms with Crippen LogP contribution in [0.1, 0.15) is 38.0 Å². The first kappa shape index (κ1) is 27.6. The van der Waals surface area contributed by atoms with Crippen LogP contribution < -0.4 is 15.4 Å². The summed E-state index contributed by atoms with van der Waals surface area (Å²) in [5.41, 5.74) is 7.18. The van der Waals surface area contributed by atoms with Crippen LogP contribution in [0.5, 0.6) is 0 Å². The van der Waals surface area contributed by atoms with E-state index in [2.05, 4.69) is 20.5 Å². The van der Waals surface area contributed by atoms with Crippen molar-refractivity contribution < 1.29 is 17.3 Å². The van der Waals surface area contributed by atoms with Gasteiger partial charge in [0.25, 0.3) is 0 Å². The number of nitrogens with one attached hydrogen (secondary N) is 1. The minimum Gasteiger partial charge on any atom is -0.450 e. The van der Waals surface area contributed by atoms with Crippen molar-refractivity contribution in [1.29, 1.82) is 0 Å². The molecule has 4 rings (SSSR count). The fraction of sp³-hybridized carbons (Fsp3) is 0.346. The first-order chi connectivity index (χ1) is 18.0. The van der Waals surface area contributed by atoms with Crippen molar-refractivity contribution in [2.24, 2.45) is 5.73 Å². The van der Waals surface area contributed by atoms with Crippen molar-refractivity contribution in [2.45, 2.75) is 44.4 Å². The average molecular weight is 559 g/mol. The molecule has 10 nitrogen and oxygen atoms in total. The zero-order valence-corrected chi connectivity index (χ0v) is 23.3. The molecule has 3 heterocycles. The summed E-state index contributed by atoms with van der Waals surface area (Å²) in [5, 5.41) is 11.3. The predicted molar refractivity (Wildman–Crippen MR) is 148 cm³/mol. The van der Waals surface area contributed by atoms with Crippen LogP contribution in [-0.2, 0) is 28.4 Å². The number of pyridine rings is 1. The Hall–Kier alpha value is -3.41. The van der Waals surface area contributed by atoms with E-state index >= 15 is 0 Å². The second-order valence-corrected chi connectivity index (χ2v) is 12.4. The summed E-state index contributed by atoms with van der Waals surface area (Å²) in [4.78, 5) is 4.52. The molecule has 0 aliphatic carbocycles. The lowest BCUT2D eigenvalue weighted by Gasteiger charge is -2.22. The number of rotatable bonds is 11. The van der Waals surface area contributed by atoms with Gasteiger partial charge in [-0.15, -0.1) is 10.2 Å². The number of aromatic nitrogens is 3. The molecule has 0 amide bonds. The second-order valence-electron chi connectivity index (χ2n) is 9.54. The third-order valence-electron chi connectivity index (χ3n) is 5.99. The van der Waals surface area contributed by atoms with Crippen molar-refractivity contribution in [1.82, 2.24) is 15.2 Å². The van der Waals surface area contributed by atoms with Gasteiger partial charge < -0.3 is 19.9 Å². The number of nitrogens with two attached hydrogens (primary N) is 1. The Bertz CT molecular complexity index is 1480. The van der Waals surface area contributed by atoms with Gasteiger partial charge in [-0.05, 0) is 68.6 Å². The highest BCUT2D eigenvalue weighted by atomic mass is 35.5. The molecular formula is C26H31ClN6O4S. The number of anilines is 2. The lowest BCUT2D eigenvalue weighted by atomic mass is 9.94. The highest BCUT2D eigenvalue weighted by Crippen LogP contribution is 2.30. The molecule has 0 aliphatic rings. The van der Waals surface area contributed by atoms with E-state index in [0.29, 0.717) is 41.7 Å². The largest absolute Gasteiger partial charge is 0.450 e. The van der Waals surface area contributed by atoms with Crippen LogP contribution >= 0.6 is 11.6 Å². The quantitative estimate of drug-likeness (QED) is 0.269. The molecule has 0 bridgehead atoms. The molecule has 12 heteroatoms. The number of sulfonamides is 1. The number of hydrogen-bond donors (Lipinski definition) is 2. The summed E-state index contributed by atoms with van der Waals surface area (Å²) in [5.74, 6) is 1.81. The highest BCUT2D eigenvalue weighted by Gasteiger charge is 2.30. The minimum atomic E-state index is -3.63. The fourth-order valence-electron chi connectivity index (χ4n) is 3.80. The summed E-state index contributed by atoms with van der Waals surface area (Å²) in [6.45, 7) is 5.52. The molecule has 3 N–H and O–H groups in total. The molecule has 0 saturated heterocycles. The van der Waals surface area contributed by atoms with Crippen LogP contribution in [-0.4, -0.2) is 42.4 Å². The fourth-order valence-corrected chi connectivity index (χ4v) is 4.95. The van der Waals surface area contributed by atoms with Crippen LogP contribution in [0.2, 0.25) is 5.22 Å². The van der Waals surface area contributed by atoms with Crippen LogP contribution in [0.25, 0.3) is 11.5 Å². The van der Waals surface area contributed by atoms with Gasteiger partial charge in [0.15, 0.2) is 5.22 Å². The second kappa shape index (κ2) is 11.1. The van der Waals surface area contributed by atoms with Crippen molar-refractivity contribution in [3.63, 3.8) is 0 Å². The summed E-state index contributed by atoms with van der Waals surface area (Å²) in [6, 6.07) is 16.6. The van der Waals surface area contributed by atoms with E-state index in [1.54, 1.807) is 38.1 Å². The number of benzene rings is 1. The van der Waals surface area contributed by atoms with Crippen molar-refractivity contribution >= 4 is 33.3 Å². The maximum absolute atomic E-state index is 12.9. The van der Waals surface area contributed by atoms with Crippen molar-refractivity contribution in [3.8, 4) is 11.5 Å². The summed E-state index contributed by atoms with van der Waals surface area (Å²) in [6.07, 6.45) is 1.04. The zero-order valence-electron chi connectivity index (χ0n) is 21.7. The standard InChI is InChI=1S/C26H31ClN6O4S/c1-17(2)38(34,35)33(4)23-15-19(14-22(30-23)29-13-12-20-10-11-21(27)36-20)24-31-32-25(37-24)26(3,28)16-18-8-6-5-7-9-18/h5-11,14-15,17H,12-13,16,28H2,1-4H3,(H,29,30)/t26-/m1/s1. The maximum Gasteiger partial charge on any atom is 0.248 e. The Labute approximate surface area is 227 Å².